The zero-order chi connectivity index (χ0) is 15.5. The molecule has 118 valence electrons. The second-order valence-electron chi connectivity index (χ2n) is 6.30. The Morgan fingerprint density at radius 2 is 1.95 bits per heavy atom. The van der Waals surface area contributed by atoms with Crippen LogP contribution in [0.5, 0.6) is 5.19 Å². The zero-order valence-corrected chi connectivity index (χ0v) is 14.1. The van der Waals surface area contributed by atoms with Gasteiger partial charge in [0.25, 0.3) is 5.19 Å². The van der Waals surface area contributed by atoms with E-state index in [4.69, 9.17) is 9.47 Å². The third kappa shape index (κ3) is 4.97. The largest absolute Gasteiger partial charge is 0.417 e. The highest BCUT2D eigenvalue weighted by Crippen LogP contribution is 2.26. The molecule has 0 saturated carbocycles. The zero-order valence-electron chi connectivity index (χ0n) is 13.3. The van der Waals surface area contributed by atoms with Crippen molar-refractivity contribution in [3.63, 3.8) is 0 Å². The average molecular weight is 312 g/mol. The van der Waals surface area contributed by atoms with Gasteiger partial charge < -0.3 is 14.4 Å². The molecule has 0 spiro atoms. The van der Waals surface area contributed by atoms with Gasteiger partial charge in [-0.25, -0.2) is 9.78 Å². The van der Waals surface area contributed by atoms with Crippen molar-refractivity contribution in [3.05, 3.63) is 10.6 Å². The monoisotopic (exact) mass is 312 g/mol. The molecule has 1 fully saturated rings. The third-order valence-electron chi connectivity index (χ3n) is 3.30. The maximum atomic E-state index is 12.0. The number of amides is 1. The summed E-state index contributed by atoms with van der Waals surface area (Å²) in [6.45, 7) is 9.99. The summed E-state index contributed by atoms with van der Waals surface area (Å²) in [7, 11) is 0. The molecule has 1 saturated heterocycles. The van der Waals surface area contributed by atoms with Crippen LogP contribution in [0.4, 0.5) is 4.79 Å². The van der Waals surface area contributed by atoms with E-state index in [1.807, 2.05) is 27.7 Å². The van der Waals surface area contributed by atoms with Crippen LogP contribution in [0.15, 0.2) is 0 Å². The number of carbonyl (C=O) groups is 1. The third-order valence-corrected chi connectivity index (χ3v) is 4.19. The van der Waals surface area contributed by atoms with Gasteiger partial charge in [0.2, 0.25) is 0 Å². The van der Waals surface area contributed by atoms with Gasteiger partial charge in [0.15, 0.2) is 0 Å². The van der Waals surface area contributed by atoms with E-state index in [1.54, 1.807) is 4.90 Å². The lowest BCUT2D eigenvalue weighted by molar-refractivity contribution is -0.0165. The molecule has 6 heteroatoms. The van der Waals surface area contributed by atoms with Crippen molar-refractivity contribution in [1.29, 1.82) is 0 Å². The summed E-state index contributed by atoms with van der Waals surface area (Å²) >= 11 is 1.40. The van der Waals surface area contributed by atoms with Crippen molar-refractivity contribution >= 4 is 17.4 Å². The standard InChI is InChI=1S/C15H24N2O3S/c1-11-12(10-19-15(2,3)4)16-13(21-11)20-14(18)17-8-6-5-7-9-17/h5-10H2,1-4H3. The number of hydrogen-bond donors (Lipinski definition) is 0. The molecule has 2 rings (SSSR count). The molecule has 5 nitrogen and oxygen atoms in total. The molecular weight excluding hydrogens is 288 g/mol. The van der Waals surface area contributed by atoms with Gasteiger partial charge in [0.1, 0.15) is 0 Å². The Morgan fingerprint density at radius 1 is 1.29 bits per heavy atom. The SMILES string of the molecule is Cc1sc(OC(=O)N2CCCCC2)nc1COC(C)(C)C. The summed E-state index contributed by atoms with van der Waals surface area (Å²) in [5, 5.41) is 0.413. The first-order valence-electron chi connectivity index (χ1n) is 7.42. The fraction of sp³-hybridized carbons (Fsp3) is 0.733. The van der Waals surface area contributed by atoms with E-state index >= 15 is 0 Å². The van der Waals surface area contributed by atoms with Crippen LogP contribution < -0.4 is 4.74 Å². The number of nitrogens with zero attached hydrogens (tertiary/aromatic N) is 2. The van der Waals surface area contributed by atoms with Crippen molar-refractivity contribution in [3.8, 4) is 5.19 Å². The van der Waals surface area contributed by atoms with Gasteiger partial charge >= 0.3 is 6.09 Å². The van der Waals surface area contributed by atoms with Crippen LogP contribution in [0.1, 0.15) is 50.6 Å². The molecular formula is C15H24N2O3S. The van der Waals surface area contributed by atoms with Crippen LogP contribution in [0.2, 0.25) is 0 Å². The fourth-order valence-electron chi connectivity index (χ4n) is 2.08. The van der Waals surface area contributed by atoms with Gasteiger partial charge in [0, 0.05) is 18.0 Å². The lowest BCUT2D eigenvalue weighted by Crippen LogP contribution is -2.37. The minimum absolute atomic E-state index is 0.208. The highest BCUT2D eigenvalue weighted by atomic mass is 32.1. The van der Waals surface area contributed by atoms with Crippen LogP contribution in [0, 0.1) is 6.92 Å². The molecule has 1 aliphatic heterocycles. The van der Waals surface area contributed by atoms with Gasteiger partial charge in [-0.05, 0) is 47.0 Å². The van der Waals surface area contributed by atoms with E-state index in [2.05, 4.69) is 4.98 Å². The van der Waals surface area contributed by atoms with Crippen molar-refractivity contribution in [1.82, 2.24) is 9.88 Å². The molecule has 21 heavy (non-hydrogen) atoms. The Bertz CT molecular complexity index is 488. The van der Waals surface area contributed by atoms with Crippen LogP contribution in [-0.4, -0.2) is 34.7 Å². The van der Waals surface area contributed by atoms with E-state index in [0.29, 0.717) is 11.8 Å². The van der Waals surface area contributed by atoms with Gasteiger partial charge in [-0.15, -0.1) is 0 Å². The van der Waals surface area contributed by atoms with Crippen LogP contribution >= 0.6 is 11.3 Å². The smallest absolute Gasteiger partial charge is 0.381 e. The van der Waals surface area contributed by atoms with Crippen LogP contribution in [-0.2, 0) is 11.3 Å². The Balaban J connectivity index is 1.93. The summed E-state index contributed by atoms with van der Waals surface area (Å²) in [5.74, 6) is 0. The Labute approximate surface area is 130 Å². The van der Waals surface area contributed by atoms with E-state index in [0.717, 1.165) is 36.5 Å². The molecule has 1 amide bonds. The molecule has 1 aromatic rings. The molecule has 0 atom stereocenters. The summed E-state index contributed by atoms with van der Waals surface area (Å²) in [4.78, 5) is 19.2. The topological polar surface area (TPSA) is 51.7 Å². The Hall–Kier alpha value is -1.14. The normalized spacial score (nSPS) is 16.1. The van der Waals surface area contributed by atoms with Gasteiger partial charge in [0.05, 0.1) is 17.9 Å². The molecule has 0 aliphatic carbocycles. The molecule has 0 unspecified atom stereocenters. The molecule has 0 N–H and O–H groups in total. The van der Waals surface area contributed by atoms with Crippen molar-refractivity contribution in [2.45, 2.75) is 59.2 Å². The first-order valence-corrected chi connectivity index (χ1v) is 8.24. The predicted molar refractivity (Wildman–Crippen MR) is 82.8 cm³/mol. The quantitative estimate of drug-likeness (QED) is 0.853. The highest BCUT2D eigenvalue weighted by Gasteiger charge is 2.21. The van der Waals surface area contributed by atoms with E-state index in [9.17, 15) is 4.79 Å². The Kier molecular flexibility index (Phi) is 5.22. The molecule has 2 heterocycles. The maximum absolute atomic E-state index is 12.0. The van der Waals surface area contributed by atoms with Crippen LogP contribution in [0.3, 0.4) is 0 Å². The predicted octanol–water partition coefficient (Wildman–Crippen LogP) is 3.75. The number of carbonyl (C=O) groups excluding carboxylic acids is 1. The average Bonchev–Trinajstić information content (AvgIpc) is 2.77. The number of hydrogen-bond acceptors (Lipinski definition) is 5. The summed E-state index contributed by atoms with van der Waals surface area (Å²) < 4.78 is 11.1. The molecule has 0 aromatic carbocycles. The van der Waals surface area contributed by atoms with Crippen LogP contribution in [0.25, 0.3) is 0 Å². The van der Waals surface area contributed by atoms with Crippen molar-refractivity contribution in [2.75, 3.05) is 13.1 Å². The highest BCUT2D eigenvalue weighted by molar-refractivity contribution is 7.13. The number of aryl methyl sites for hydroxylation is 1. The molecule has 0 bridgehead atoms. The fourth-order valence-corrected chi connectivity index (χ4v) is 2.83. The second kappa shape index (κ2) is 6.75. The number of likely N-dealkylation sites (tertiary alicyclic amines) is 1. The number of ether oxygens (including phenoxy) is 2. The lowest BCUT2D eigenvalue weighted by atomic mass is 10.1. The second-order valence-corrected chi connectivity index (χ2v) is 7.47. The molecule has 0 radical (unpaired) electrons. The van der Waals surface area contributed by atoms with E-state index in [1.165, 1.54) is 17.8 Å². The van der Waals surface area contributed by atoms with Gasteiger partial charge in [-0.1, -0.05) is 11.3 Å². The number of piperidine rings is 1. The first kappa shape index (κ1) is 16.2. The van der Waals surface area contributed by atoms with E-state index < -0.39 is 0 Å². The van der Waals surface area contributed by atoms with Crippen molar-refractivity contribution in [2.24, 2.45) is 0 Å². The van der Waals surface area contributed by atoms with Gasteiger partial charge in [-0.3, -0.25) is 0 Å². The summed E-state index contributed by atoms with van der Waals surface area (Å²) in [6.07, 6.45) is 3.01. The Morgan fingerprint density at radius 3 is 2.57 bits per heavy atom. The summed E-state index contributed by atoms with van der Waals surface area (Å²) in [5.41, 5.74) is 0.636. The molecule has 1 aliphatic rings. The van der Waals surface area contributed by atoms with Crippen molar-refractivity contribution < 1.29 is 14.3 Å². The summed E-state index contributed by atoms with van der Waals surface area (Å²) in [6, 6.07) is 0. The number of thiazole rings is 1. The number of rotatable bonds is 3. The molecule has 1 aromatic heterocycles. The minimum Gasteiger partial charge on any atom is -0.381 e. The minimum atomic E-state index is -0.285. The maximum Gasteiger partial charge on any atom is 0.417 e. The number of aromatic nitrogens is 1. The van der Waals surface area contributed by atoms with E-state index in [-0.39, 0.29) is 11.7 Å². The lowest BCUT2D eigenvalue weighted by Gasteiger charge is -2.24. The van der Waals surface area contributed by atoms with Gasteiger partial charge in [-0.2, -0.15) is 0 Å². The first-order chi connectivity index (χ1) is 9.85.